The number of aromatic nitrogens is 4. The summed E-state index contributed by atoms with van der Waals surface area (Å²) in [4.78, 5) is 19.0. The fourth-order valence-electron chi connectivity index (χ4n) is 3.46. The normalized spacial score (nSPS) is 14.4. The number of primary amides is 1. The highest BCUT2D eigenvalue weighted by Gasteiger charge is 2.57. The monoisotopic (exact) mass is 478 g/mol. The van der Waals surface area contributed by atoms with Gasteiger partial charge in [0, 0.05) is 0 Å². The second kappa shape index (κ2) is 7.75. The van der Waals surface area contributed by atoms with Crippen molar-refractivity contribution in [2.75, 3.05) is 11.5 Å². The average Bonchev–Trinajstić information content (AvgIpc) is 3.22. The fraction of sp³-hybridized carbons (Fsp3) is 0.250. The maximum Gasteiger partial charge on any atom is 0.329 e. The Hall–Kier alpha value is -4.09. The first-order chi connectivity index (χ1) is 15.8. The lowest BCUT2D eigenvalue weighted by molar-refractivity contribution is -0.221. The highest BCUT2D eigenvalue weighted by Crippen LogP contribution is 2.38. The number of nitrogen functional groups attached to an aromatic ring is 2. The Bertz CT molecular complexity index is 1530. The van der Waals surface area contributed by atoms with E-state index in [4.69, 9.17) is 22.9 Å². The van der Waals surface area contributed by atoms with Gasteiger partial charge in [-0.3, -0.25) is 9.36 Å². The third-order valence-electron chi connectivity index (χ3n) is 5.28. The van der Waals surface area contributed by atoms with Crippen molar-refractivity contribution in [2.45, 2.75) is 31.2 Å². The molecule has 1 amide bonds. The van der Waals surface area contributed by atoms with E-state index < -0.39 is 49.0 Å². The van der Waals surface area contributed by atoms with Gasteiger partial charge in [-0.2, -0.15) is 17.6 Å². The highest BCUT2D eigenvalue weighted by molar-refractivity contribution is 6.00. The molecule has 1 aliphatic rings. The maximum atomic E-state index is 14.9. The molecular formula is C20H18F4N8O2. The molecule has 178 valence electrons. The van der Waals surface area contributed by atoms with Crippen LogP contribution in [0.25, 0.3) is 22.8 Å². The number of anilines is 2. The summed E-state index contributed by atoms with van der Waals surface area (Å²) in [6, 6.07) is 3.95. The SMILES string of the molecule is NC(=O)C1=C=C=c2c(nc(N)n2CC(F)(F)C(F)(F)Cn2c(N)nc3cc(C(N)O)ccc32)=C1. The number of amides is 1. The second-order valence-corrected chi connectivity index (χ2v) is 7.62. The molecule has 1 atom stereocenters. The van der Waals surface area contributed by atoms with Crippen molar-refractivity contribution in [3.63, 3.8) is 0 Å². The fourth-order valence-corrected chi connectivity index (χ4v) is 3.46. The molecule has 0 saturated carbocycles. The summed E-state index contributed by atoms with van der Waals surface area (Å²) in [5.41, 5.74) is 26.9. The highest BCUT2D eigenvalue weighted by atomic mass is 19.3. The number of carbonyl (C=O) groups is 1. The number of rotatable bonds is 7. The first-order valence-corrected chi connectivity index (χ1v) is 9.65. The molecular weight excluding hydrogens is 460 g/mol. The number of hydrogen-bond donors (Lipinski definition) is 5. The van der Waals surface area contributed by atoms with Gasteiger partial charge < -0.3 is 32.6 Å². The maximum absolute atomic E-state index is 14.9. The number of aliphatic hydroxyl groups is 1. The summed E-state index contributed by atoms with van der Waals surface area (Å²) in [6.07, 6.45) is -0.201. The Kier molecular flexibility index (Phi) is 5.26. The van der Waals surface area contributed by atoms with Gasteiger partial charge in [-0.15, -0.1) is 0 Å². The average molecular weight is 478 g/mol. The van der Waals surface area contributed by atoms with Crippen molar-refractivity contribution < 1.29 is 27.5 Å². The third kappa shape index (κ3) is 3.80. The number of nitrogens with zero attached hydrogens (tertiary/aromatic N) is 4. The number of fused-ring (bicyclic) bond motifs is 2. The van der Waals surface area contributed by atoms with E-state index in [9.17, 15) is 27.5 Å². The van der Waals surface area contributed by atoms with Gasteiger partial charge in [-0.1, -0.05) is 11.8 Å². The van der Waals surface area contributed by atoms with Crippen LogP contribution < -0.4 is 33.6 Å². The van der Waals surface area contributed by atoms with Gasteiger partial charge in [0.2, 0.25) is 11.9 Å². The molecule has 0 fully saturated rings. The predicted octanol–water partition coefficient (Wildman–Crippen LogP) is -0.942. The van der Waals surface area contributed by atoms with Gasteiger partial charge in [0.15, 0.2) is 0 Å². The molecule has 10 nitrogen and oxygen atoms in total. The molecule has 34 heavy (non-hydrogen) atoms. The molecule has 2 aromatic heterocycles. The number of hydrogen-bond acceptors (Lipinski definition) is 7. The number of carbonyl (C=O) groups excluding carboxylic acids is 1. The van der Waals surface area contributed by atoms with E-state index in [0.717, 1.165) is 10.6 Å². The zero-order chi connectivity index (χ0) is 25.0. The third-order valence-corrected chi connectivity index (χ3v) is 5.28. The number of halogens is 4. The molecule has 2 heterocycles. The van der Waals surface area contributed by atoms with Crippen molar-refractivity contribution in [1.82, 2.24) is 19.1 Å². The molecule has 14 heteroatoms. The van der Waals surface area contributed by atoms with E-state index >= 15 is 0 Å². The molecule has 1 unspecified atom stereocenters. The van der Waals surface area contributed by atoms with Crippen molar-refractivity contribution >= 4 is 40.6 Å². The first-order valence-electron chi connectivity index (χ1n) is 9.65. The molecule has 0 aliphatic heterocycles. The molecule has 0 saturated heterocycles. The molecule has 0 spiro atoms. The van der Waals surface area contributed by atoms with Crippen molar-refractivity contribution in [2.24, 2.45) is 11.5 Å². The van der Waals surface area contributed by atoms with Crippen LogP contribution in [0.5, 0.6) is 0 Å². The van der Waals surface area contributed by atoms with Crippen molar-refractivity contribution in [3.8, 4) is 0 Å². The molecule has 3 aromatic rings. The second-order valence-electron chi connectivity index (χ2n) is 7.62. The van der Waals surface area contributed by atoms with Crippen molar-refractivity contribution in [1.29, 1.82) is 0 Å². The van der Waals surface area contributed by atoms with Crippen molar-refractivity contribution in [3.05, 3.63) is 45.8 Å². The van der Waals surface area contributed by atoms with Gasteiger partial charge in [0.1, 0.15) is 16.9 Å². The van der Waals surface area contributed by atoms with E-state index in [0.29, 0.717) is 4.57 Å². The van der Waals surface area contributed by atoms with Gasteiger partial charge in [0.05, 0.1) is 29.7 Å². The zero-order valence-electron chi connectivity index (χ0n) is 17.3. The van der Waals surface area contributed by atoms with Gasteiger partial charge in [-0.05, 0) is 29.5 Å². The van der Waals surface area contributed by atoms with Crippen LogP contribution in [0.2, 0.25) is 0 Å². The summed E-state index contributed by atoms with van der Waals surface area (Å²) >= 11 is 0. The molecule has 9 N–H and O–H groups in total. The number of aliphatic hydroxyl groups excluding tert-OH is 1. The summed E-state index contributed by atoms with van der Waals surface area (Å²) < 4.78 is 61.0. The van der Waals surface area contributed by atoms with Crippen LogP contribution in [0.1, 0.15) is 11.8 Å². The van der Waals surface area contributed by atoms with Crippen LogP contribution in [-0.2, 0) is 17.9 Å². The van der Waals surface area contributed by atoms with Gasteiger partial charge >= 0.3 is 11.8 Å². The number of nitrogens with two attached hydrogens (primary N) is 4. The lowest BCUT2D eigenvalue weighted by Gasteiger charge is -2.28. The standard InChI is InChI=1S/C20H18F4N8O2/c21-19(22,7-31-13-3-1-9(15(25)33)5-11(13)29-17(31)27)20(23,24)8-32-14-4-2-10(16(26)34)6-12(14)30-18(32)28/h1,3,5-6,15,33H,7-8,25H2,(H2,26,34)(H2,27,29)(H2,28,30). The minimum atomic E-state index is -4.62. The van der Waals surface area contributed by atoms with E-state index in [2.05, 4.69) is 21.4 Å². The van der Waals surface area contributed by atoms with Crippen LogP contribution in [0, 0.1) is 0 Å². The molecule has 1 aliphatic carbocycles. The Labute approximate surface area is 187 Å². The molecule has 1 aromatic carbocycles. The Morgan fingerprint density at radius 1 is 1.06 bits per heavy atom. The quantitative estimate of drug-likeness (QED) is 0.165. The van der Waals surface area contributed by atoms with E-state index in [1.54, 1.807) is 0 Å². The topological polar surface area (TPSA) is 177 Å². The van der Waals surface area contributed by atoms with Gasteiger partial charge in [0.25, 0.3) is 5.91 Å². The Morgan fingerprint density at radius 2 is 1.68 bits per heavy atom. The summed E-state index contributed by atoms with van der Waals surface area (Å²) in [5.74, 6) is -11.0. The van der Waals surface area contributed by atoms with E-state index in [-0.39, 0.29) is 32.9 Å². The van der Waals surface area contributed by atoms with Crippen LogP contribution in [0.3, 0.4) is 0 Å². The Balaban J connectivity index is 1.70. The minimum Gasteiger partial charge on any atom is -0.375 e. The number of imidazole rings is 2. The zero-order valence-corrected chi connectivity index (χ0v) is 17.3. The number of alkyl halides is 4. The van der Waals surface area contributed by atoms with Crippen LogP contribution in [-0.4, -0.2) is 42.0 Å². The summed E-state index contributed by atoms with van der Waals surface area (Å²) in [5, 5.41) is 9.27. The first kappa shape index (κ1) is 23.1. The minimum absolute atomic E-state index is 0.0353. The summed E-state index contributed by atoms with van der Waals surface area (Å²) in [7, 11) is 0. The summed E-state index contributed by atoms with van der Waals surface area (Å²) in [6.45, 7) is -3.04. The molecule has 0 bridgehead atoms. The van der Waals surface area contributed by atoms with Gasteiger partial charge in [-0.25, -0.2) is 9.97 Å². The van der Waals surface area contributed by atoms with Crippen LogP contribution in [0.15, 0.2) is 29.5 Å². The number of benzene rings is 1. The lowest BCUT2D eigenvalue weighted by atomic mass is 10.1. The van der Waals surface area contributed by atoms with Crippen LogP contribution >= 0.6 is 0 Å². The molecule has 4 rings (SSSR count). The van der Waals surface area contributed by atoms with E-state index in [1.165, 1.54) is 18.2 Å². The van der Waals surface area contributed by atoms with E-state index in [1.807, 2.05) is 0 Å². The smallest absolute Gasteiger partial charge is 0.329 e. The van der Waals surface area contributed by atoms with Crippen LogP contribution in [0.4, 0.5) is 29.5 Å². The Morgan fingerprint density at radius 3 is 2.29 bits per heavy atom. The predicted molar refractivity (Wildman–Crippen MR) is 113 cm³/mol. The largest absolute Gasteiger partial charge is 0.375 e. The lowest BCUT2D eigenvalue weighted by Crippen LogP contribution is -2.49. The molecule has 0 radical (unpaired) electrons.